The van der Waals surface area contributed by atoms with Gasteiger partial charge in [-0.25, -0.2) is 9.59 Å². The molecule has 0 spiro atoms. The fraction of sp³-hybridized carbons (Fsp3) is 0.800. The molecule has 0 saturated carbocycles. The summed E-state index contributed by atoms with van der Waals surface area (Å²) in [5.41, 5.74) is -0.862. The summed E-state index contributed by atoms with van der Waals surface area (Å²) in [6.45, 7) is 36.2. The predicted molar refractivity (Wildman–Crippen MR) is 390 cm³/mol. The van der Waals surface area contributed by atoms with Gasteiger partial charge in [0.25, 0.3) is 0 Å². The lowest BCUT2D eigenvalue weighted by Gasteiger charge is -2.41. The molecule has 0 fully saturated rings. The maximum absolute atomic E-state index is 15.1. The highest BCUT2D eigenvalue weighted by molar-refractivity contribution is 5.99. The summed E-state index contributed by atoms with van der Waals surface area (Å²) in [6, 6.07) is -10.8. The molecular formula is C75H133N9O18. The molecule has 586 valence electrons. The van der Waals surface area contributed by atoms with Gasteiger partial charge in [0.15, 0.2) is 11.6 Å². The number of aliphatic hydroxyl groups excluding tert-OH is 1. The van der Waals surface area contributed by atoms with Gasteiger partial charge in [0, 0.05) is 87.5 Å². The first-order chi connectivity index (χ1) is 47.0. The van der Waals surface area contributed by atoms with Crippen LogP contribution in [-0.2, 0) is 76.5 Å². The summed E-state index contributed by atoms with van der Waals surface area (Å²) in [5.74, 6) is -11.4. The molecule has 27 heteroatoms. The normalized spacial score (nSPS) is 16.0. The summed E-state index contributed by atoms with van der Waals surface area (Å²) in [6.07, 6.45) is 1.66. The van der Waals surface area contributed by atoms with E-state index in [1.54, 1.807) is 75.3 Å². The number of nitrogens with one attached hydrogen (secondary N) is 2. The molecule has 27 nitrogen and oxygen atoms in total. The topological polar surface area (TPSA) is 326 Å². The van der Waals surface area contributed by atoms with Crippen molar-refractivity contribution in [3.05, 3.63) is 12.2 Å². The van der Waals surface area contributed by atoms with E-state index in [0.29, 0.717) is 19.3 Å². The van der Waals surface area contributed by atoms with Crippen LogP contribution < -0.4 is 10.6 Å². The van der Waals surface area contributed by atoms with Crippen molar-refractivity contribution in [2.24, 2.45) is 47.3 Å². The third-order valence-electron chi connectivity index (χ3n) is 18.6. The van der Waals surface area contributed by atoms with Crippen molar-refractivity contribution in [1.82, 2.24) is 44.9 Å². The number of hydrogen-bond donors (Lipinski definition) is 3. The standard InChI is InChI=1S/C75H133N9O18/c1-30-32-35-48(13)64(88)63(66(90)77-55(31-2)73(97)99-29)84(28)72(96)61(47(11)12)82(26)71(95)58(40-45(7)8)81(25)70(94)57(39-44(5)6)80(24)67(91)50(15)76-65(89)49(14)41-59(86)56(38-43(3)4)79(23)69(93)54(46(9)10)42-60(87)62(52(17)100-36-33-34-37-101-53(18)85)83(27)68(92)51(16)78(22)74(98)102-75(19,20)21/h30,32,43-52,54-58,61-64,88H,31,33-42H2,1-29H3,(H,76,89)(H,77,90)/b32-30+/t48-,49-,50-,51-,52+,54+,55+,56-,57+,58+,61+,62+,63+,64-/m1/s1. The average Bonchev–Trinajstić information content (AvgIpc) is 0.803. The Balaban J connectivity index is 7.08. The quantitative estimate of drug-likeness (QED) is 0.0237. The number of esters is 2. The van der Waals surface area contributed by atoms with Gasteiger partial charge in [-0.1, -0.05) is 102 Å². The van der Waals surface area contributed by atoms with Crippen LogP contribution in [-0.4, -0.2) is 258 Å². The van der Waals surface area contributed by atoms with E-state index >= 15 is 9.59 Å². The van der Waals surface area contributed by atoms with Crippen molar-refractivity contribution in [3.8, 4) is 0 Å². The maximum Gasteiger partial charge on any atom is 0.410 e. The first kappa shape index (κ1) is 95.0. The van der Waals surface area contributed by atoms with Crippen molar-refractivity contribution in [2.75, 3.05) is 69.7 Å². The van der Waals surface area contributed by atoms with Gasteiger partial charge in [-0.15, -0.1) is 0 Å². The van der Waals surface area contributed by atoms with Gasteiger partial charge in [0.05, 0.1) is 32.0 Å². The highest BCUT2D eigenvalue weighted by atomic mass is 16.6. The first-order valence-corrected chi connectivity index (χ1v) is 36.3. The number of Topliss-reactive ketones (excluding diaryl/α,β-unsaturated/α-hetero) is 2. The molecule has 0 heterocycles. The minimum Gasteiger partial charge on any atom is -0.467 e. The fourth-order valence-electron chi connectivity index (χ4n) is 12.2. The van der Waals surface area contributed by atoms with Crippen LogP contribution >= 0.6 is 0 Å². The van der Waals surface area contributed by atoms with Crippen LogP contribution in [0.4, 0.5) is 4.79 Å². The van der Waals surface area contributed by atoms with Gasteiger partial charge in [-0.2, -0.15) is 0 Å². The van der Waals surface area contributed by atoms with E-state index in [-0.39, 0.29) is 69.5 Å². The molecule has 0 aromatic carbocycles. The number of rotatable bonds is 44. The Bertz CT molecular complexity index is 2800. The number of ketones is 2. The molecule has 0 rings (SSSR count). The number of methoxy groups -OCH3 is 1. The molecule has 14 atom stereocenters. The summed E-state index contributed by atoms with van der Waals surface area (Å²) in [7, 11) is 11.2. The van der Waals surface area contributed by atoms with Gasteiger partial charge in [0.2, 0.25) is 47.3 Å². The highest BCUT2D eigenvalue weighted by Crippen LogP contribution is 2.29. The van der Waals surface area contributed by atoms with E-state index in [0.717, 1.165) is 9.80 Å². The van der Waals surface area contributed by atoms with Crippen molar-refractivity contribution in [3.63, 3.8) is 0 Å². The van der Waals surface area contributed by atoms with Gasteiger partial charge in [-0.05, 0) is 129 Å². The molecule has 0 aliphatic carbocycles. The van der Waals surface area contributed by atoms with E-state index < -0.39 is 179 Å². The lowest BCUT2D eigenvalue weighted by molar-refractivity contribution is -0.157. The SMILES string of the molecule is C/C=C/C[C@@H](C)[C@@H](O)[C@@H](C(=O)N[C@@H](CC)C(=O)OC)N(C)C(=O)[C@H](C(C)C)N(C)C(=O)[C@H](CC(C)C)N(C)C(=O)[C@H](CC(C)C)N(C)C(=O)[C@@H](C)NC(=O)[C@H](C)CC(=O)[C@@H](CC(C)C)N(C)C(=O)[C@@H](CC(=O)[C@H]([C@H](C)OCCCCOC(C)=O)N(C)C(=O)[C@@H](C)N(C)C(=O)OC(C)(C)C)C(C)C. The second-order valence-electron chi connectivity index (χ2n) is 30.7. The number of carbonyl (C=O) groups excluding carboxylic acids is 13. The Hall–Kier alpha value is -7.03. The van der Waals surface area contributed by atoms with Crippen LogP contribution in [0.5, 0.6) is 0 Å². The van der Waals surface area contributed by atoms with Crippen LogP contribution in [0.15, 0.2) is 12.2 Å². The number of hydrogen-bond acceptors (Lipinski definition) is 18. The zero-order valence-corrected chi connectivity index (χ0v) is 67.4. The Kier molecular flexibility index (Phi) is 41.5. The smallest absolute Gasteiger partial charge is 0.410 e. The molecule has 0 radical (unpaired) electrons. The third-order valence-corrected chi connectivity index (χ3v) is 18.6. The average molecular weight is 1450 g/mol. The summed E-state index contributed by atoms with van der Waals surface area (Å²) >= 11 is 0. The maximum atomic E-state index is 15.1. The number of allylic oxidation sites excluding steroid dienone is 2. The summed E-state index contributed by atoms with van der Waals surface area (Å²) in [5, 5.41) is 17.2. The largest absolute Gasteiger partial charge is 0.467 e. The van der Waals surface area contributed by atoms with Gasteiger partial charge in [-0.3, -0.25) is 57.6 Å². The second kappa shape index (κ2) is 44.6. The molecule has 0 aliphatic rings. The molecule has 0 bridgehead atoms. The Morgan fingerprint density at radius 3 is 1.45 bits per heavy atom. The molecule has 9 amide bonds. The lowest BCUT2D eigenvalue weighted by Crippen LogP contribution is -2.63. The zero-order chi connectivity index (χ0) is 79.5. The van der Waals surface area contributed by atoms with Crippen molar-refractivity contribution in [1.29, 1.82) is 0 Å². The minimum atomic E-state index is -1.52. The molecule has 0 unspecified atom stereocenters. The van der Waals surface area contributed by atoms with Gasteiger partial charge in [0.1, 0.15) is 53.9 Å². The Morgan fingerprint density at radius 2 is 0.990 bits per heavy atom. The van der Waals surface area contributed by atoms with Crippen LogP contribution in [0.3, 0.4) is 0 Å². The van der Waals surface area contributed by atoms with E-state index in [2.05, 4.69) is 10.6 Å². The summed E-state index contributed by atoms with van der Waals surface area (Å²) in [4.78, 5) is 192. The number of ether oxygens (including phenoxy) is 4. The fourth-order valence-corrected chi connectivity index (χ4v) is 12.2. The molecule has 3 N–H and O–H groups in total. The third kappa shape index (κ3) is 29.6. The zero-order valence-electron chi connectivity index (χ0n) is 67.4. The van der Waals surface area contributed by atoms with E-state index in [1.807, 2.05) is 54.5 Å². The summed E-state index contributed by atoms with van der Waals surface area (Å²) < 4.78 is 21.6. The molecule has 0 aromatic heterocycles. The molecule has 0 aromatic rings. The number of nitrogens with zero attached hydrogens (tertiary/aromatic N) is 7. The first-order valence-electron chi connectivity index (χ1n) is 36.3. The van der Waals surface area contributed by atoms with Crippen molar-refractivity contribution in [2.45, 2.75) is 275 Å². The Labute approximate surface area is 610 Å². The van der Waals surface area contributed by atoms with Crippen LogP contribution in [0.1, 0.15) is 203 Å². The van der Waals surface area contributed by atoms with Crippen LogP contribution in [0, 0.1) is 47.3 Å². The second-order valence-corrected chi connectivity index (χ2v) is 30.7. The van der Waals surface area contributed by atoms with Crippen LogP contribution in [0.25, 0.3) is 0 Å². The van der Waals surface area contributed by atoms with E-state index in [9.17, 15) is 57.8 Å². The van der Waals surface area contributed by atoms with E-state index in [4.69, 9.17) is 18.9 Å². The number of likely N-dealkylation sites (N-methyl/N-ethyl adjacent to an activating group) is 7. The Morgan fingerprint density at radius 1 is 0.520 bits per heavy atom. The molecule has 0 aliphatic heterocycles. The number of aliphatic hydroxyl groups is 1. The monoisotopic (exact) mass is 1450 g/mol. The molecule has 102 heavy (non-hydrogen) atoms. The number of carbonyl (C=O) groups is 13. The molecular weight excluding hydrogens is 1310 g/mol. The highest BCUT2D eigenvalue weighted by Gasteiger charge is 2.46. The van der Waals surface area contributed by atoms with E-state index in [1.165, 1.54) is 109 Å². The van der Waals surface area contributed by atoms with Crippen molar-refractivity contribution >= 4 is 76.9 Å². The van der Waals surface area contributed by atoms with Gasteiger partial charge >= 0.3 is 18.0 Å². The minimum absolute atomic E-state index is 0.130. The number of unbranched alkanes of at least 4 members (excludes halogenated alkanes) is 1. The number of amides is 9. The van der Waals surface area contributed by atoms with Gasteiger partial charge < -0.3 is 64.1 Å². The van der Waals surface area contributed by atoms with Crippen molar-refractivity contribution < 1.29 is 86.4 Å². The van der Waals surface area contributed by atoms with Crippen LogP contribution in [0.2, 0.25) is 0 Å². The molecule has 0 saturated heterocycles. The lowest BCUT2D eigenvalue weighted by atomic mass is 9.85. The predicted octanol–water partition coefficient (Wildman–Crippen LogP) is 7.11.